The molecule has 0 fully saturated rings. The number of benzene rings is 2. The van der Waals surface area contributed by atoms with Crippen molar-refractivity contribution in [1.29, 1.82) is 0 Å². The summed E-state index contributed by atoms with van der Waals surface area (Å²) in [6.07, 6.45) is 2.27. The number of hydrogen-bond acceptors (Lipinski definition) is 4. The zero-order valence-electron chi connectivity index (χ0n) is 17.1. The van der Waals surface area contributed by atoms with Crippen LogP contribution in [-0.4, -0.2) is 28.1 Å². The number of halogens is 2. The van der Waals surface area contributed by atoms with Gasteiger partial charge in [-0.15, -0.1) is 0 Å². The Hall–Kier alpha value is -3.03. The summed E-state index contributed by atoms with van der Waals surface area (Å²) in [6, 6.07) is 12.0. The number of aryl methyl sites for hydroxylation is 1. The quantitative estimate of drug-likeness (QED) is 0.510. The maximum Gasteiger partial charge on any atom is 0.271 e. The van der Waals surface area contributed by atoms with Crippen LogP contribution in [0.5, 0.6) is 5.75 Å². The molecule has 9 heteroatoms. The maximum absolute atomic E-state index is 12.6. The number of carbonyl (C=O) groups excluding carboxylic acids is 2. The van der Waals surface area contributed by atoms with Crippen LogP contribution in [0.2, 0.25) is 10.0 Å². The lowest BCUT2D eigenvalue weighted by atomic mass is 10.1. The topological polar surface area (TPSA) is 85.2 Å². The van der Waals surface area contributed by atoms with Crippen molar-refractivity contribution in [1.82, 2.24) is 15.1 Å². The molecule has 0 atom stereocenters. The van der Waals surface area contributed by atoms with Gasteiger partial charge in [0.15, 0.2) is 0 Å². The van der Waals surface area contributed by atoms with Gasteiger partial charge in [-0.05, 0) is 42.3 Å². The number of hydrogen-bond donors (Lipinski definition) is 2. The van der Waals surface area contributed by atoms with E-state index in [1.165, 1.54) is 10.9 Å². The van der Waals surface area contributed by atoms with Crippen LogP contribution in [-0.2, 0) is 13.7 Å². The van der Waals surface area contributed by atoms with E-state index in [1.807, 2.05) is 6.92 Å². The minimum Gasteiger partial charge on any atom is -0.487 e. The number of amides is 2. The predicted octanol–water partition coefficient (Wildman–Crippen LogP) is 4.70. The summed E-state index contributed by atoms with van der Waals surface area (Å²) in [5.74, 6) is -0.102. The Morgan fingerprint density at radius 2 is 1.84 bits per heavy atom. The molecule has 0 aliphatic rings. The number of carbonyl (C=O) groups is 2. The van der Waals surface area contributed by atoms with E-state index in [-0.39, 0.29) is 18.4 Å². The molecule has 1 heterocycles. The third kappa shape index (κ3) is 5.77. The summed E-state index contributed by atoms with van der Waals surface area (Å²) >= 11 is 12.0. The van der Waals surface area contributed by atoms with Gasteiger partial charge in [0.2, 0.25) is 0 Å². The second kappa shape index (κ2) is 10.3. The fraction of sp³-hybridized carbons (Fsp3) is 0.227. The molecule has 2 N–H and O–H groups in total. The van der Waals surface area contributed by atoms with Crippen molar-refractivity contribution in [2.45, 2.75) is 20.0 Å². The maximum atomic E-state index is 12.6. The normalized spacial score (nSPS) is 10.6. The van der Waals surface area contributed by atoms with Crippen LogP contribution in [0.3, 0.4) is 0 Å². The molecule has 0 aliphatic heterocycles. The molecule has 2 amide bonds. The SMILES string of the molecule is CCCNC(=O)c1c(NC(=O)c2ccc(COc3ccc(Cl)cc3Cl)cc2)cnn1C. The number of aromatic nitrogens is 2. The van der Waals surface area contributed by atoms with E-state index in [1.54, 1.807) is 49.5 Å². The number of ether oxygens (including phenoxy) is 1. The van der Waals surface area contributed by atoms with Gasteiger partial charge in [0.1, 0.15) is 18.1 Å². The highest BCUT2D eigenvalue weighted by molar-refractivity contribution is 6.35. The fourth-order valence-corrected chi connectivity index (χ4v) is 3.28. The van der Waals surface area contributed by atoms with Gasteiger partial charge < -0.3 is 15.4 Å². The smallest absolute Gasteiger partial charge is 0.271 e. The van der Waals surface area contributed by atoms with Crippen molar-refractivity contribution in [2.24, 2.45) is 7.05 Å². The molecular weight excluding hydrogens is 439 g/mol. The van der Waals surface area contributed by atoms with E-state index >= 15 is 0 Å². The van der Waals surface area contributed by atoms with Crippen LogP contribution < -0.4 is 15.4 Å². The van der Waals surface area contributed by atoms with Crippen LogP contribution in [0, 0.1) is 0 Å². The Balaban J connectivity index is 1.64. The predicted molar refractivity (Wildman–Crippen MR) is 121 cm³/mol. The van der Waals surface area contributed by atoms with Crippen LogP contribution in [0.25, 0.3) is 0 Å². The second-order valence-electron chi connectivity index (χ2n) is 6.80. The summed E-state index contributed by atoms with van der Waals surface area (Å²) in [5.41, 5.74) is 1.96. The van der Waals surface area contributed by atoms with Gasteiger partial charge in [-0.3, -0.25) is 14.3 Å². The van der Waals surface area contributed by atoms with E-state index in [0.717, 1.165) is 12.0 Å². The average Bonchev–Trinajstić information content (AvgIpc) is 3.11. The fourth-order valence-electron chi connectivity index (χ4n) is 2.82. The van der Waals surface area contributed by atoms with Crippen molar-refractivity contribution >= 4 is 40.7 Å². The molecule has 31 heavy (non-hydrogen) atoms. The van der Waals surface area contributed by atoms with Gasteiger partial charge in [-0.25, -0.2) is 0 Å². The Kier molecular flexibility index (Phi) is 7.55. The summed E-state index contributed by atoms with van der Waals surface area (Å²) in [4.78, 5) is 25.0. The first kappa shape index (κ1) is 22.7. The first-order valence-electron chi connectivity index (χ1n) is 9.67. The highest BCUT2D eigenvalue weighted by Gasteiger charge is 2.19. The summed E-state index contributed by atoms with van der Waals surface area (Å²) < 4.78 is 7.14. The summed E-state index contributed by atoms with van der Waals surface area (Å²) in [7, 11) is 1.65. The zero-order chi connectivity index (χ0) is 22.4. The van der Waals surface area contributed by atoms with E-state index < -0.39 is 0 Å². The molecule has 162 valence electrons. The Bertz CT molecular complexity index is 1080. The Labute approximate surface area is 190 Å². The van der Waals surface area contributed by atoms with Gasteiger partial charge in [0, 0.05) is 24.2 Å². The van der Waals surface area contributed by atoms with E-state index in [0.29, 0.717) is 39.3 Å². The highest BCUT2D eigenvalue weighted by Crippen LogP contribution is 2.28. The number of nitrogens with one attached hydrogen (secondary N) is 2. The van der Waals surface area contributed by atoms with Crippen molar-refractivity contribution in [2.75, 3.05) is 11.9 Å². The molecule has 0 spiro atoms. The lowest BCUT2D eigenvalue weighted by Gasteiger charge is -2.10. The van der Waals surface area contributed by atoms with Crippen LogP contribution in [0.4, 0.5) is 5.69 Å². The minimum atomic E-state index is -0.342. The molecule has 3 rings (SSSR count). The molecule has 0 bridgehead atoms. The van der Waals surface area contributed by atoms with Crippen molar-refractivity contribution in [3.63, 3.8) is 0 Å². The Morgan fingerprint density at radius 1 is 1.10 bits per heavy atom. The van der Waals surface area contributed by atoms with Crippen molar-refractivity contribution in [3.8, 4) is 5.75 Å². The van der Waals surface area contributed by atoms with Gasteiger partial charge in [0.05, 0.1) is 16.9 Å². The van der Waals surface area contributed by atoms with E-state index in [2.05, 4.69) is 15.7 Å². The summed E-state index contributed by atoms with van der Waals surface area (Å²) in [5, 5.41) is 10.6. The second-order valence-corrected chi connectivity index (χ2v) is 7.64. The van der Waals surface area contributed by atoms with E-state index in [4.69, 9.17) is 27.9 Å². The molecule has 1 aromatic heterocycles. The molecule has 0 saturated heterocycles. The van der Waals surface area contributed by atoms with Crippen LogP contribution in [0.15, 0.2) is 48.7 Å². The third-order valence-electron chi connectivity index (χ3n) is 4.44. The average molecular weight is 461 g/mol. The largest absolute Gasteiger partial charge is 0.487 e. The number of nitrogens with zero attached hydrogens (tertiary/aromatic N) is 2. The first-order valence-corrected chi connectivity index (χ1v) is 10.4. The first-order chi connectivity index (χ1) is 14.9. The molecule has 2 aromatic carbocycles. The standard InChI is InChI=1S/C22H22Cl2N4O3/c1-3-10-25-22(30)20-18(12-26-28(20)2)27-21(29)15-6-4-14(5-7-15)13-31-19-9-8-16(23)11-17(19)24/h4-9,11-12H,3,10,13H2,1-2H3,(H,25,30)(H,27,29). The monoisotopic (exact) mass is 460 g/mol. The highest BCUT2D eigenvalue weighted by atomic mass is 35.5. The van der Waals surface area contributed by atoms with Crippen LogP contribution in [0.1, 0.15) is 39.8 Å². The number of anilines is 1. The minimum absolute atomic E-state index is 0.285. The molecule has 0 unspecified atom stereocenters. The van der Waals surface area contributed by atoms with E-state index in [9.17, 15) is 9.59 Å². The third-order valence-corrected chi connectivity index (χ3v) is 4.97. The molecule has 7 nitrogen and oxygen atoms in total. The van der Waals surface area contributed by atoms with Gasteiger partial charge in [-0.2, -0.15) is 5.10 Å². The van der Waals surface area contributed by atoms with Crippen LogP contribution >= 0.6 is 23.2 Å². The van der Waals surface area contributed by atoms with Gasteiger partial charge in [0.25, 0.3) is 11.8 Å². The number of rotatable bonds is 8. The molecule has 0 aliphatic carbocycles. The molecular formula is C22H22Cl2N4O3. The van der Waals surface area contributed by atoms with Crippen molar-refractivity contribution in [3.05, 3.63) is 75.5 Å². The molecule has 0 saturated carbocycles. The van der Waals surface area contributed by atoms with Gasteiger partial charge >= 0.3 is 0 Å². The molecule has 0 radical (unpaired) electrons. The van der Waals surface area contributed by atoms with Crippen molar-refractivity contribution < 1.29 is 14.3 Å². The Morgan fingerprint density at radius 3 is 2.52 bits per heavy atom. The van der Waals surface area contributed by atoms with Gasteiger partial charge in [-0.1, -0.05) is 42.3 Å². The lowest BCUT2D eigenvalue weighted by molar-refractivity contribution is 0.0945. The summed E-state index contributed by atoms with van der Waals surface area (Å²) in [6.45, 7) is 2.79. The molecule has 3 aromatic rings. The zero-order valence-corrected chi connectivity index (χ0v) is 18.6. The lowest BCUT2D eigenvalue weighted by Crippen LogP contribution is -2.27.